The number of carbonyl (C=O) groups excluding carboxylic acids is 2. The van der Waals surface area contributed by atoms with Crippen molar-refractivity contribution in [2.75, 3.05) is 11.4 Å². The van der Waals surface area contributed by atoms with Gasteiger partial charge in [0.1, 0.15) is 12.7 Å². The Morgan fingerprint density at radius 1 is 1.43 bits per heavy atom. The summed E-state index contributed by atoms with van der Waals surface area (Å²) in [5, 5.41) is 4.05. The number of hydrogen-bond acceptors (Lipinski definition) is 4. The lowest BCUT2D eigenvalue weighted by atomic mass is 10.1. The van der Waals surface area contributed by atoms with E-state index in [1.54, 1.807) is 15.9 Å². The summed E-state index contributed by atoms with van der Waals surface area (Å²) >= 11 is 0. The lowest BCUT2D eigenvalue weighted by molar-refractivity contribution is -0.123. The first-order valence-corrected chi connectivity index (χ1v) is 6.64. The molecule has 7 nitrogen and oxygen atoms in total. The average molecular weight is 285 g/mol. The molecule has 0 bridgehead atoms. The predicted molar refractivity (Wildman–Crippen MR) is 75.2 cm³/mol. The van der Waals surface area contributed by atoms with Crippen LogP contribution in [-0.2, 0) is 16.1 Å². The predicted octanol–water partition coefficient (Wildman–Crippen LogP) is 0.165. The molecular weight excluding hydrogens is 270 g/mol. The Hall–Kier alpha value is -2.70. The van der Waals surface area contributed by atoms with E-state index >= 15 is 0 Å². The van der Waals surface area contributed by atoms with Crippen molar-refractivity contribution in [3.63, 3.8) is 0 Å². The Morgan fingerprint density at radius 2 is 2.29 bits per heavy atom. The van der Waals surface area contributed by atoms with Gasteiger partial charge in [0.15, 0.2) is 0 Å². The largest absolute Gasteiger partial charge is 0.369 e. The van der Waals surface area contributed by atoms with Crippen molar-refractivity contribution in [3.05, 3.63) is 42.5 Å². The summed E-state index contributed by atoms with van der Waals surface area (Å²) < 4.78 is 1.71. The van der Waals surface area contributed by atoms with Crippen LogP contribution in [0.25, 0.3) is 0 Å². The molecule has 0 saturated carbocycles. The summed E-state index contributed by atoms with van der Waals surface area (Å²) in [5.41, 5.74) is 7.07. The van der Waals surface area contributed by atoms with Crippen molar-refractivity contribution in [2.45, 2.75) is 13.0 Å². The van der Waals surface area contributed by atoms with Crippen molar-refractivity contribution in [1.29, 1.82) is 0 Å². The molecule has 1 atom stereocenters. The molecule has 108 valence electrons. The van der Waals surface area contributed by atoms with Crippen molar-refractivity contribution in [1.82, 2.24) is 14.8 Å². The summed E-state index contributed by atoms with van der Waals surface area (Å²) in [6.07, 6.45) is 3.30. The van der Waals surface area contributed by atoms with Crippen LogP contribution in [-0.4, -0.2) is 33.1 Å². The minimum atomic E-state index is -0.426. The minimum Gasteiger partial charge on any atom is -0.369 e. The van der Waals surface area contributed by atoms with Gasteiger partial charge in [-0.3, -0.25) is 9.59 Å². The molecule has 1 unspecified atom stereocenters. The van der Waals surface area contributed by atoms with Crippen LogP contribution in [0.5, 0.6) is 0 Å². The topological polar surface area (TPSA) is 94.1 Å². The second-order valence-electron chi connectivity index (χ2n) is 5.07. The molecule has 2 aromatic rings. The number of aromatic nitrogens is 3. The van der Waals surface area contributed by atoms with Gasteiger partial charge in [0.2, 0.25) is 11.8 Å². The Bertz CT molecular complexity index is 668. The normalized spacial score (nSPS) is 18.2. The number of nitrogens with zero attached hydrogens (tertiary/aromatic N) is 4. The molecule has 0 aliphatic carbocycles. The van der Waals surface area contributed by atoms with Crippen molar-refractivity contribution < 1.29 is 9.59 Å². The summed E-state index contributed by atoms with van der Waals surface area (Å²) in [5.74, 6) is -0.905. The molecule has 1 aliphatic heterocycles. The molecular formula is C14H15N5O2. The molecule has 1 aromatic carbocycles. The maximum absolute atomic E-state index is 12.0. The van der Waals surface area contributed by atoms with E-state index in [4.69, 9.17) is 5.73 Å². The molecule has 2 N–H and O–H groups in total. The first-order valence-electron chi connectivity index (χ1n) is 6.64. The highest BCUT2D eigenvalue weighted by molar-refractivity contribution is 6.00. The molecule has 1 aliphatic rings. The van der Waals surface area contributed by atoms with Gasteiger partial charge in [-0.2, -0.15) is 5.10 Å². The molecule has 7 heteroatoms. The second kappa shape index (κ2) is 5.35. The van der Waals surface area contributed by atoms with Crippen LogP contribution in [0.15, 0.2) is 36.9 Å². The summed E-state index contributed by atoms with van der Waals surface area (Å²) in [6, 6.07) is 7.61. The molecule has 1 fully saturated rings. The van der Waals surface area contributed by atoms with Gasteiger partial charge >= 0.3 is 0 Å². The number of rotatable bonds is 4. The number of hydrogen-bond donors (Lipinski definition) is 1. The Kier molecular flexibility index (Phi) is 3.39. The van der Waals surface area contributed by atoms with Gasteiger partial charge in [-0.15, -0.1) is 0 Å². The summed E-state index contributed by atoms with van der Waals surface area (Å²) in [6.45, 7) is 0.927. The third kappa shape index (κ3) is 2.76. The summed E-state index contributed by atoms with van der Waals surface area (Å²) in [4.78, 5) is 28.7. The zero-order valence-corrected chi connectivity index (χ0v) is 11.3. The molecule has 0 spiro atoms. The number of anilines is 1. The molecule has 0 radical (unpaired) electrons. The van der Waals surface area contributed by atoms with Crippen LogP contribution in [0, 0.1) is 5.92 Å². The SMILES string of the molecule is NC(=O)C1CC(=O)N(c2cccc(Cn3cncn3)c2)C1. The van der Waals surface area contributed by atoms with E-state index < -0.39 is 11.8 Å². The van der Waals surface area contributed by atoms with E-state index in [9.17, 15) is 9.59 Å². The van der Waals surface area contributed by atoms with Gasteiger partial charge in [-0.05, 0) is 17.7 Å². The maximum atomic E-state index is 12.0. The van der Waals surface area contributed by atoms with Gasteiger partial charge in [0.25, 0.3) is 0 Å². The number of carbonyl (C=O) groups is 2. The van der Waals surface area contributed by atoms with E-state index in [0.717, 1.165) is 11.3 Å². The number of benzene rings is 1. The standard InChI is InChI=1S/C14H15N5O2/c15-14(21)11-5-13(20)19(7-11)12-3-1-2-10(4-12)6-18-9-16-8-17-18/h1-4,8-9,11H,5-7H2,(H2,15,21). The fourth-order valence-electron chi connectivity index (χ4n) is 2.47. The van der Waals surface area contributed by atoms with Gasteiger partial charge in [0, 0.05) is 18.7 Å². The zero-order chi connectivity index (χ0) is 14.8. The van der Waals surface area contributed by atoms with Crippen LogP contribution in [0.2, 0.25) is 0 Å². The van der Waals surface area contributed by atoms with Gasteiger partial charge in [-0.1, -0.05) is 12.1 Å². The lowest BCUT2D eigenvalue weighted by Gasteiger charge is -2.17. The van der Waals surface area contributed by atoms with Gasteiger partial charge in [0.05, 0.1) is 12.5 Å². The van der Waals surface area contributed by atoms with Crippen LogP contribution in [0.4, 0.5) is 5.69 Å². The van der Waals surface area contributed by atoms with E-state index in [1.807, 2.05) is 24.3 Å². The molecule has 21 heavy (non-hydrogen) atoms. The molecule has 1 aromatic heterocycles. The van der Waals surface area contributed by atoms with Crippen LogP contribution < -0.4 is 10.6 Å². The number of amides is 2. The molecule has 3 rings (SSSR count). The average Bonchev–Trinajstić information content (AvgIpc) is 3.08. The van der Waals surface area contributed by atoms with Crippen LogP contribution >= 0.6 is 0 Å². The third-order valence-corrected chi connectivity index (χ3v) is 3.56. The molecule has 2 amide bonds. The summed E-state index contributed by atoms with van der Waals surface area (Å²) in [7, 11) is 0. The van der Waals surface area contributed by atoms with E-state index in [1.165, 1.54) is 6.33 Å². The highest BCUT2D eigenvalue weighted by atomic mass is 16.2. The Morgan fingerprint density at radius 3 is 2.95 bits per heavy atom. The van der Waals surface area contributed by atoms with E-state index in [2.05, 4.69) is 10.1 Å². The van der Waals surface area contributed by atoms with E-state index in [0.29, 0.717) is 13.1 Å². The van der Waals surface area contributed by atoms with Crippen molar-refractivity contribution >= 4 is 17.5 Å². The number of primary amides is 1. The monoisotopic (exact) mass is 285 g/mol. The van der Waals surface area contributed by atoms with Crippen molar-refractivity contribution in [3.8, 4) is 0 Å². The maximum Gasteiger partial charge on any atom is 0.227 e. The zero-order valence-electron chi connectivity index (χ0n) is 11.3. The first-order chi connectivity index (χ1) is 10.1. The van der Waals surface area contributed by atoms with Crippen LogP contribution in [0.1, 0.15) is 12.0 Å². The first kappa shape index (κ1) is 13.3. The molecule has 1 saturated heterocycles. The smallest absolute Gasteiger partial charge is 0.227 e. The Balaban J connectivity index is 1.80. The number of nitrogens with two attached hydrogens (primary N) is 1. The third-order valence-electron chi connectivity index (χ3n) is 3.56. The highest BCUT2D eigenvalue weighted by Gasteiger charge is 2.33. The highest BCUT2D eigenvalue weighted by Crippen LogP contribution is 2.25. The van der Waals surface area contributed by atoms with Crippen LogP contribution in [0.3, 0.4) is 0 Å². The Labute approximate surface area is 121 Å². The molecule has 2 heterocycles. The second-order valence-corrected chi connectivity index (χ2v) is 5.07. The van der Waals surface area contributed by atoms with Gasteiger partial charge < -0.3 is 10.6 Å². The van der Waals surface area contributed by atoms with Crippen molar-refractivity contribution in [2.24, 2.45) is 11.7 Å². The quantitative estimate of drug-likeness (QED) is 0.866. The lowest BCUT2D eigenvalue weighted by Crippen LogP contribution is -2.28. The fourth-order valence-corrected chi connectivity index (χ4v) is 2.47. The van der Waals surface area contributed by atoms with E-state index in [-0.39, 0.29) is 12.3 Å². The fraction of sp³-hybridized carbons (Fsp3) is 0.286. The minimum absolute atomic E-state index is 0.0725. The van der Waals surface area contributed by atoms with Gasteiger partial charge in [-0.25, -0.2) is 9.67 Å².